The summed E-state index contributed by atoms with van der Waals surface area (Å²) in [7, 11) is 1.46. The predicted octanol–water partition coefficient (Wildman–Crippen LogP) is 6.28. The molecule has 0 aromatic heterocycles. The van der Waals surface area contributed by atoms with E-state index in [0.29, 0.717) is 36.2 Å². The number of methoxy groups -OCH3 is 1. The van der Waals surface area contributed by atoms with Gasteiger partial charge in [-0.05, 0) is 103 Å². The Morgan fingerprint density at radius 3 is 2.50 bits per heavy atom. The number of ketones is 1. The predicted molar refractivity (Wildman–Crippen MR) is 135 cm³/mol. The van der Waals surface area contributed by atoms with E-state index in [1.165, 1.54) is 32.8 Å². The van der Waals surface area contributed by atoms with E-state index in [2.05, 4.69) is 33.9 Å². The van der Waals surface area contributed by atoms with Crippen LogP contribution in [0.25, 0.3) is 0 Å². The van der Waals surface area contributed by atoms with Crippen molar-refractivity contribution in [1.29, 1.82) is 0 Å². The molecule has 0 heterocycles. The lowest BCUT2D eigenvalue weighted by Gasteiger charge is -2.61. The third-order valence-electron chi connectivity index (χ3n) is 11.9. The molecule has 4 aliphatic carbocycles. The van der Waals surface area contributed by atoms with E-state index in [4.69, 9.17) is 4.74 Å². The second-order valence-electron chi connectivity index (χ2n) is 12.9. The highest BCUT2D eigenvalue weighted by Gasteiger charge is 2.81. The van der Waals surface area contributed by atoms with Crippen molar-refractivity contribution in [2.75, 3.05) is 7.11 Å². The minimum absolute atomic E-state index is 0.0206. The van der Waals surface area contributed by atoms with E-state index >= 15 is 0 Å². The second kappa shape index (κ2) is 8.61. The van der Waals surface area contributed by atoms with Crippen LogP contribution in [0.15, 0.2) is 24.8 Å². The summed E-state index contributed by atoms with van der Waals surface area (Å²) < 4.78 is 4.98. The van der Waals surface area contributed by atoms with Crippen LogP contribution in [0, 0.1) is 45.3 Å². The van der Waals surface area contributed by atoms with Gasteiger partial charge in [-0.15, -0.1) is 6.58 Å². The van der Waals surface area contributed by atoms with Gasteiger partial charge in [0.25, 0.3) is 0 Å². The number of fused-ring (bicyclic) bond motifs is 2. The van der Waals surface area contributed by atoms with E-state index in [1.54, 1.807) is 0 Å². The standard InChI is InChI=1S/C30H46O4/c1-8-21-24(32)17-25-28(6)13-11-22(20(4)9-10-23(31)19(2)3)27(28,5)15-16-30(25)18-29(21,30)14-12-26(33)34-7/h8,20-22,24-25,32H,1-2,9-18H2,3-7H3/t20-,21-,22-,24+,25+,27-,28+,29-,30+/m1/s1. The molecule has 0 saturated heterocycles. The van der Waals surface area contributed by atoms with Gasteiger partial charge < -0.3 is 9.84 Å². The minimum Gasteiger partial charge on any atom is -0.469 e. The fourth-order valence-corrected chi connectivity index (χ4v) is 9.81. The molecular formula is C30H46O4. The van der Waals surface area contributed by atoms with E-state index < -0.39 is 0 Å². The quantitative estimate of drug-likeness (QED) is 0.245. The van der Waals surface area contributed by atoms with Crippen molar-refractivity contribution in [3.8, 4) is 0 Å². The lowest BCUT2D eigenvalue weighted by molar-refractivity contribution is -0.150. The summed E-state index contributed by atoms with van der Waals surface area (Å²) in [5, 5.41) is 11.3. The number of carbonyl (C=O) groups is 2. The maximum absolute atomic E-state index is 12.2. The van der Waals surface area contributed by atoms with Crippen LogP contribution in [0.1, 0.15) is 91.9 Å². The van der Waals surface area contributed by atoms with Gasteiger partial charge in [0.2, 0.25) is 0 Å². The van der Waals surface area contributed by atoms with Gasteiger partial charge in [-0.2, -0.15) is 0 Å². The van der Waals surface area contributed by atoms with Crippen LogP contribution in [0.5, 0.6) is 0 Å². The first-order valence-electron chi connectivity index (χ1n) is 13.5. The third-order valence-corrected chi connectivity index (χ3v) is 11.9. The molecule has 0 aliphatic heterocycles. The first-order valence-corrected chi connectivity index (χ1v) is 13.5. The van der Waals surface area contributed by atoms with Gasteiger partial charge in [-0.1, -0.05) is 33.4 Å². The van der Waals surface area contributed by atoms with Gasteiger partial charge in [0.15, 0.2) is 5.78 Å². The van der Waals surface area contributed by atoms with Gasteiger partial charge >= 0.3 is 5.97 Å². The van der Waals surface area contributed by atoms with Gasteiger partial charge in [-0.25, -0.2) is 0 Å². The zero-order valence-electron chi connectivity index (χ0n) is 22.1. The number of hydrogen-bond donors (Lipinski definition) is 1. The summed E-state index contributed by atoms with van der Waals surface area (Å²) in [5.41, 5.74) is 1.24. The highest BCUT2D eigenvalue weighted by Crippen LogP contribution is 2.87. The Bertz CT molecular complexity index is 877. The number of esters is 1. The Morgan fingerprint density at radius 2 is 1.88 bits per heavy atom. The highest BCUT2D eigenvalue weighted by molar-refractivity contribution is 5.94. The van der Waals surface area contributed by atoms with Crippen molar-refractivity contribution in [1.82, 2.24) is 0 Å². The molecule has 1 N–H and O–H groups in total. The number of aliphatic hydroxyl groups excluding tert-OH is 1. The van der Waals surface area contributed by atoms with Crippen molar-refractivity contribution < 1.29 is 19.4 Å². The summed E-state index contributed by atoms with van der Waals surface area (Å²) >= 11 is 0. The van der Waals surface area contributed by atoms with E-state index in [1.807, 2.05) is 13.0 Å². The van der Waals surface area contributed by atoms with Crippen LogP contribution >= 0.6 is 0 Å². The highest BCUT2D eigenvalue weighted by atomic mass is 16.5. The molecule has 0 amide bonds. The molecule has 190 valence electrons. The largest absolute Gasteiger partial charge is 0.469 e. The zero-order valence-corrected chi connectivity index (χ0v) is 22.1. The molecule has 4 heteroatoms. The molecule has 4 nitrogen and oxygen atoms in total. The van der Waals surface area contributed by atoms with Crippen LogP contribution < -0.4 is 0 Å². The Kier molecular flexibility index (Phi) is 6.50. The number of carbonyl (C=O) groups excluding carboxylic acids is 2. The Balaban J connectivity index is 1.60. The lowest BCUT2D eigenvalue weighted by atomic mass is 9.43. The van der Waals surface area contributed by atoms with Crippen LogP contribution in [-0.4, -0.2) is 30.1 Å². The van der Waals surface area contributed by atoms with Crippen molar-refractivity contribution in [3.05, 3.63) is 24.8 Å². The monoisotopic (exact) mass is 470 g/mol. The molecular weight excluding hydrogens is 424 g/mol. The van der Waals surface area contributed by atoms with Crippen molar-refractivity contribution in [2.45, 2.75) is 98.0 Å². The van der Waals surface area contributed by atoms with Crippen LogP contribution in [0.2, 0.25) is 0 Å². The molecule has 4 saturated carbocycles. The molecule has 0 aromatic rings. The zero-order chi connectivity index (χ0) is 25.1. The molecule has 0 radical (unpaired) electrons. The van der Waals surface area contributed by atoms with E-state index in [0.717, 1.165) is 25.7 Å². The van der Waals surface area contributed by atoms with Crippen molar-refractivity contribution in [3.63, 3.8) is 0 Å². The molecule has 0 unspecified atom stereocenters. The third kappa shape index (κ3) is 3.41. The molecule has 4 aliphatic rings. The first kappa shape index (κ1) is 25.7. The Labute approximate surface area is 206 Å². The number of rotatable bonds is 9. The van der Waals surface area contributed by atoms with Crippen molar-refractivity contribution >= 4 is 11.8 Å². The van der Waals surface area contributed by atoms with Gasteiger partial charge in [0.05, 0.1) is 13.2 Å². The molecule has 1 spiro atoms. The topological polar surface area (TPSA) is 63.6 Å². The maximum Gasteiger partial charge on any atom is 0.305 e. The average Bonchev–Trinajstić information content (AvgIpc) is 3.38. The number of ether oxygens (including phenoxy) is 1. The molecule has 9 atom stereocenters. The van der Waals surface area contributed by atoms with Gasteiger partial charge in [0, 0.05) is 18.8 Å². The van der Waals surface area contributed by atoms with Crippen LogP contribution in [0.4, 0.5) is 0 Å². The Hall–Kier alpha value is -1.42. The van der Waals surface area contributed by atoms with Gasteiger partial charge in [-0.3, -0.25) is 9.59 Å². The first-order chi connectivity index (χ1) is 15.9. The normalized spacial score (nSPS) is 45.4. The summed E-state index contributed by atoms with van der Waals surface area (Å²) in [5.74, 6) is 1.68. The summed E-state index contributed by atoms with van der Waals surface area (Å²) in [4.78, 5) is 24.3. The second-order valence-corrected chi connectivity index (χ2v) is 12.9. The lowest BCUT2D eigenvalue weighted by Crippen LogP contribution is -2.56. The summed E-state index contributed by atoms with van der Waals surface area (Å²) in [6.07, 6.45) is 11.1. The number of hydrogen-bond acceptors (Lipinski definition) is 4. The minimum atomic E-state index is -0.389. The number of Topliss-reactive ketones (excluding diaryl/α,β-unsaturated/α-hetero) is 1. The summed E-state index contributed by atoms with van der Waals surface area (Å²) in [6.45, 7) is 17.1. The number of aliphatic hydroxyl groups is 1. The summed E-state index contributed by atoms with van der Waals surface area (Å²) in [6, 6.07) is 0. The van der Waals surface area contributed by atoms with E-state index in [-0.39, 0.29) is 45.4 Å². The van der Waals surface area contributed by atoms with E-state index in [9.17, 15) is 14.7 Å². The fourth-order valence-electron chi connectivity index (χ4n) is 9.81. The Morgan fingerprint density at radius 1 is 1.18 bits per heavy atom. The SMILES string of the molecule is C=C[C@@H]1[C@@H](O)C[C@@H]2[C@]3(CC[C@]4(C)[C@@H]([C@H](C)CCC(=O)C(=C)C)CC[C@@]24C)C[C@]13CCC(=O)OC. The average molecular weight is 471 g/mol. The molecule has 4 rings (SSSR count). The van der Waals surface area contributed by atoms with Crippen LogP contribution in [-0.2, 0) is 14.3 Å². The van der Waals surface area contributed by atoms with Crippen LogP contribution in [0.3, 0.4) is 0 Å². The molecule has 0 aromatic carbocycles. The maximum atomic E-state index is 12.2. The fraction of sp³-hybridized carbons (Fsp3) is 0.800. The smallest absolute Gasteiger partial charge is 0.305 e. The van der Waals surface area contributed by atoms with Crippen molar-refractivity contribution in [2.24, 2.45) is 45.3 Å². The molecule has 4 fully saturated rings. The molecule has 0 bridgehead atoms. The number of allylic oxidation sites excluding steroid dienone is 1. The molecule has 34 heavy (non-hydrogen) atoms. The van der Waals surface area contributed by atoms with Gasteiger partial charge in [0.1, 0.15) is 0 Å².